The van der Waals surface area contributed by atoms with Gasteiger partial charge in [0.05, 0.1) is 11.9 Å². The van der Waals surface area contributed by atoms with E-state index in [2.05, 4.69) is 20.6 Å². The standard InChI is InChI=1S/C13H15N5O3/c1-8-6-15-9(7-14-8)10(19)18-4-2-13(3-5-18)11(20)16-12(21)17-13/h6-7H,2-5H2,1H3,(H2,16,17,20,21). The molecule has 0 aromatic carbocycles. The number of aromatic nitrogens is 2. The van der Waals surface area contributed by atoms with Gasteiger partial charge in [-0.2, -0.15) is 0 Å². The van der Waals surface area contributed by atoms with Gasteiger partial charge in [-0.25, -0.2) is 9.78 Å². The molecule has 4 amide bonds. The van der Waals surface area contributed by atoms with Gasteiger partial charge in [0.25, 0.3) is 11.8 Å². The molecule has 0 atom stereocenters. The van der Waals surface area contributed by atoms with Crippen LogP contribution in [0.25, 0.3) is 0 Å². The molecular formula is C13H15N5O3. The van der Waals surface area contributed by atoms with Crippen LogP contribution in [-0.2, 0) is 4.79 Å². The number of rotatable bonds is 1. The Morgan fingerprint density at radius 2 is 1.95 bits per heavy atom. The maximum Gasteiger partial charge on any atom is 0.322 e. The van der Waals surface area contributed by atoms with Crippen LogP contribution >= 0.6 is 0 Å². The predicted octanol–water partition coefficient (Wildman–Crippen LogP) is -0.401. The van der Waals surface area contributed by atoms with Crippen LogP contribution in [0.5, 0.6) is 0 Å². The third-order valence-corrected chi connectivity index (χ3v) is 3.92. The zero-order chi connectivity index (χ0) is 15.0. The third kappa shape index (κ3) is 2.32. The zero-order valence-electron chi connectivity index (χ0n) is 11.5. The van der Waals surface area contributed by atoms with Crippen LogP contribution in [0.1, 0.15) is 29.0 Å². The Kier molecular flexibility index (Phi) is 3.08. The molecule has 1 aromatic rings. The third-order valence-electron chi connectivity index (χ3n) is 3.92. The number of urea groups is 1. The first-order chi connectivity index (χ1) is 10.00. The van der Waals surface area contributed by atoms with Crippen LogP contribution in [0.2, 0.25) is 0 Å². The van der Waals surface area contributed by atoms with Gasteiger partial charge in [-0.05, 0) is 19.8 Å². The average molecular weight is 289 g/mol. The lowest BCUT2D eigenvalue weighted by Gasteiger charge is -2.36. The van der Waals surface area contributed by atoms with Crippen molar-refractivity contribution in [3.05, 3.63) is 23.8 Å². The van der Waals surface area contributed by atoms with E-state index in [1.165, 1.54) is 6.20 Å². The molecular weight excluding hydrogens is 274 g/mol. The number of likely N-dealkylation sites (tertiary alicyclic amines) is 1. The molecule has 1 aromatic heterocycles. The van der Waals surface area contributed by atoms with Crippen LogP contribution in [-0.4, -0.2) is 51.3 Å². The smallest absolute Gasteiger partial charge is 0.322 e. The molecule has 21 heavy (non-hydrogen) atoms. The van der Waals surface area contributed by atoms with Crippen LogP contribution < -0.4 is 10.6 Å². The van der Waals surface area contributed by atoms with Gasteiger partial charge in [-0.1, -0.05) is 0 Å². The minimum atomic E-state index is -0.868. The van der Waals surface area contributed by atoms with Crippen molar-refractivity contribution in [1.82, 2.24) is 25.5 Å². The van der Waals surface area contributed by atoms with Crippen molar-refractivity contribution in [2.45, 2.75) is 25.3 Å². The Morgan fingerprint density at radius 3 is 2.48 bits per heavy atom. The lowest BCUT2D eigenvalue weighted by molar-refractivity contribution is -0.125. The van der Waals surface area contributed by atoms with Crippen molar-refractivity contribution >= 4 is 17.8 Å². The molecule has 1 spiro atoms. The molecule has 0 saturated carbocycles. The molecule has 110 valence electrons. The summed E-state index contributed by atoms with van der Waals surface area (Å²) in [5.74, 6) is -0.517. The largest absolute Gasteiger partial charge is 0.337 e. The molecule has 3 rings (SSSR count). The van der Waals surface area contributed by atoms with Gasteiger partial charge in [0.1, 0.15) is 11.2 Å². The van der Waals surface area contributed by atoms with Gasteiger partial charge in [-0.3, -0.25) is 19.9 Å². The number of nitrogens with zero attached hydrogens (tertiary/aromatic N) is 3. The number of hydrogen-bond acceptors (Lipinski definition) is 5. The topological polar surface area (TPSA) is 104 Å². The number of amides is 4. The molecule has 3 heterocycles. The van der Waals surface area contributed by atoms with Gasteiger partial charge < -0.3 is 10.2 Å². The van der Waals surface area contributed by atoms with Gasteiger partial charge in [0.2, 0.25) is 0 Å². The number of carbonyl (C=O) groups excluding carboxylic acids is 3. The summed E-state index contributed by atoms with van der Waals surface area (Å²) >= 11 is 0. The number of nitrogens with one attached hydrogen (secondary N) is 2. The second-order valence-electron chi connectivity index (χ2n) is 5.33. The second-order valence-corrected chi connectivity index (χ2v) is 5.33. The van der Waals surface area contributed by atoms with Crippen LogP contribution in [0.15, 0.2) is 12.4 Å². The highest BCUT2D eigenvalue weighted by molar-refractivity contribution is 6.07. The van der Waals surface area contributed by atoms with E-state index >= 15 is 0 Å². The fraction of sp³-hybridized carbons (Fsp3) is 0.462. The molecule has 0 aliphatic carbocycles. The summed E-state index contributed by atoms with van der Waals surface area (Å²) in [5, 5.41) is 4.90. The summed E-state index contributed by atoms with van der Waals surface area (Å²) in [5.41, 5.74) is 0.165. The van der Waals surface area contributed by atoms with E-state index in [0.717, 1.165) is 5.69 Å². The van der Waals surface area contributed by atoms with Gasteiger partial charge in [0.15, 0.2) is 0 Å². The van der Waals surface area contributed by atoms with Crippen LogP contribution in [0.4, 0.5) is 4.79 Å². The van der Waals surface area contributed by atoms with Crippen molar-refractivity contribution in [3.63, 3.8) is 0 Å². The molecule has 2 N–H and O–H groups in total. The van der Waals surface area contributed by atoms with E-state index in [-0.39, 0.29) is 17.5 Å². The predicted molar refractivity (Wildman–Crippen MR) is 71.3 cm³/mol. The highest BCUT2D eigenvalue weighted by Crippen LogP contribution is 2.26. The second kappa shape index (κ2) is 4.80. The molecule has 8 nitrogen and oxygen atoms in total. The number of aryl methyl sites for hydroxylation is 1. The molecule has 2 aliphatic heterocycles. The molecule has 0 radical (unpaired) electrons. The van der Waals surface area contributed by atoms with Crippen molar-refractivity contribution in [2.75, 3.05) is 13.1 Å². The normalized spacial score (nSPS) is 20.3. The SMILES string of the molecule is Cc1cnc(C(=O)N2CCC3(CC2)NC(=O)NC3=O)cn1. The van der Waals surface area contributed by atoms with Crippen LogP contribution in [0, 0.1) is 6.92 Å². The van der Waals surface area contributed by atoms with Crippen LogP contribution in [0.3, 0.4) is 0 Å². The summed E-state index contributed by atoms with van der Waals surface area (Å²) < 4.78 is 0. The summed E-state index contributed by atoms with van der Waals surface area (Å²) in [6.45, 7) is 2.58. The summed E-state index contributed by atoms with van der Waals surface area (Å²) in [6.07, 6.45) is 3.79. The number of carbonyl (C=O) groups is 3. The first kappa shape index (κ1) is 13.5. The molecule has 2 fully saturated rings. The fourth-order valence-electron chi connectivity index (χ4n) is 2.64. The monoisotopic (exact) mass is 289 g/mol. The van der Waals surface area contributed by atoms with E-state index in [9.17, 15) is 14.4 Å². The minimum Gasteiger partial charge on any atom is -0.337 e. The van der Waals surface area contributed by atoms with E-state index in [1.54, 1.807) is 18.0 Å². The van der Waals surface area contributed by atoms with E-state index < -0.39 is 11.6 Å². The fourth-order valence-corrected chi connectivity index (χ4v) is 2.64. The molecule has 2 aliphatic rings. The summed E-state index contributed by atoms with van der Waals surface area (Å²) in [7, 11) is 0. The average Bonchev–Trinajstić information content (AvgIpc) is 2.74. The first-order valence-electron chi connectivity index (χ1n) is 6.72. The Bertz CT molecular complexity index is 605. The van der Waals surface area contributed by atoms with E-state index in [4.69, 9.17) is 0 Å². The highest BCUT2D eigenvalue weighted by Gasteiger charge is 2.48. The summed E-state index contributed by atoms with van der Waals surface area (Å²) in [4.78, 5) is 45.1. The molecule has 2 saturated heterocycles. The Balaban J connectivity index is 1.68. The first-order valence-corrected chi connectivity index (χ1v) is 6.72. The number of imide groups is 1. The Morgan fingerprint density at radius 1 is 1.24 bits per heavy atom. The summed E-state index contributed by atoms with van der Waals surface area (Å²) in [6, 6.07) is -0.468. The van der Waals surface area contributed by atoms with Crippen molar-refractivity contribution in [3.8, 4) is 0 Å². The van der Waals surface area contributed by atoms with Crippen molar-refractivity contribution in [2.24, 2.45) is 0 Å². The maximum absolute atomic E-state index is 12.3. The molecule has 8 heteroatoms. The Hall–Kier alpha value is -2.51. The lowest BCUT2D eigenvalue weighted by Crippen LogP contribution is -2.55. The minimum absolute atomic E-state index is 0.206. The lowest BCUT2D eigenvalue weighted by atomic mass is 9.87. The Labute approximate surface area is 120 Å². The van der Waals surface area contributed by atoms with E-state index in [1.807, 2.05) is 0 Å². The van der Waals surface area contributed by atoms with Crippen molar-refractivity contribution < 1.29 is 14.4 Å². The van der Waals surface area contributed by atoms with Crippen molar-refractivity contribution in [1.29, 1.82) is 0 Å². The van der Waals surface area contributed by atoms with Gasteiger partial charge in [-0.15, -0.1) is 0 Å². The molecule has 0 unspecified atom stereocenters. The zero-order valence-corrected chi connectivity index (χ0v) is 11.5. The quantitative estimate of drug-likeness (QED) is 0.684. The highest BCUT2D eigenvalue weighted by atomic mass is 16.2. The maximum atomic E-state index is 12.3. The number of hydrogen-bond donors (Lipinski definition) is 2. The molecule has 0 bridgehead atoms. The van der Waals surface area contributed by atoms with E-state index in [0.29, 0.717) is 25.9 Å². The number of piperidine rings is 1. The van der Waals surface area contributed by atoms with Gasteiger partial charge in [0, 0.05) is 19.3 Å². The van der Waals surface area contributed by atoms with Gasteiger partial charge >= 0.3 is 6.03 Å².